The molecule has 0 fully saturated rings. The van der Waals surface area contributed by atoms with Gasteiger partial charge in [-0.15, -0.1) is 11.3 Å². The molecule has 0 atom stereocenters. The molecule has 1 aromatic heterocycles. The molecule has 0 bridgehead atoms. The minimum atomic E-state index is 0.588. The van der Waals surface area contributed by atoms with E-state index in [-0.39, 0.29) is 0 Å². The summed E-state index contributed by atoms with van der Waals surface area (Å²) in [6.45, 7) is 13.9. The lowest BCUT2D eigenvalue weighted by molar-refractivity contribution is 0.173. The first-order valence-electron chi connectivity index (χ1n) is 8.43. The normalized spacial score (nSPS) is 12.5. The van der Waals surface area contributed by atoms with Crippen molar-refractivity contribution in [3.8, 4) is 0 Å². The number of hydrogen-bond acceptors (Lipinski definition) is 4. The molecule has 0 aliphatic rings. The summed E-state index contributed by atoms with van der Waals surface area (Å²) in [5.74, 6) is 0.927. The predicted molar refractivity (Wildman–Crippen MR) is 101 cm³/mol. The fourth-order valence-corrected chi connectivity index (χ4v) is 3.36. The van der Waals surface area contributed by atoms with Crippen LogP contribution in [-0.2, 0) is 6.54 Å². The zero-order chi connectivity index (χ0) is 17.4. The smallest absolute Gasteiger partial charge is 0.193 e. The molecule has 0 amide bonds. The van der Waals surface area contributed by atoms with Crippen LogP contribution < -0.4 is 5.32 Å². The van der Waals surface area contributed by atoms with Gasteiger partial charge in [0.1, 0.15) is 0 Å². The van der Waals surface area contributed by atoms with Crippen LogP contribution in [0.15, 0.2) is 10.4 Å². The van der Waals surface area contributed by atoms with Crippen molar-refractivity contribution in [3.05, 3.63) is 16.1 Å². The van der Waals surface area contributed by atoms with E-state index in [9.17, 15) is 0 Å². The molecule has 0 saturated heterocycles. The number of nitrogens with one attached hydrogen (secondary N) is 1. The van der Waals surface area contributed by atoms with Gasteiger partial charge in [0.05, 0.1) is 17.2 Å². The van der Waals surface area contributed by atoms with Crippen LogP contribution in [0.3, 0.4) is 0 Å². The second-order valence-electron chi connectivity index (χ2n) is 6.47. The third-order valence-corrected chi connectivity index (χ3v) is 4.66. The molecule has 132 valence electrons. The maximum atomic E-state index is 4.51. The zero-order valence-corrected chi connectivity index (χ0v) is 16.6. The van der Waals surface area contributed by atoms with Crippen molar-refractivity contribution in [1.29, 1.82) is 0 Å². The third-order valence-electron chi connectivity index (χ3n) is 3.84. The van der Waals surface area contributed by atoms with Crippen molar-refractivity contribution in [1.82, 2.24) is 20.1 Å². The first kappa shape index (κ1) is 19.9. The standard InChI is InChI=1S/C17H33N5S/c1-13(2)22(14(3)4)10-8-9-19-17(18-6)21(7)11-16-12-23-15(5)20-16/h12-14H,8-11H2,1-7H3,(H,18,19). The van der Waals surface area contributed by atoms with Gasteiger partial charge in [0.2, 0.25) is 0 Å². The summed E-state index contributed by atoms with van der Waals surface area (Å²) in [4.78, 5) is 13.5. The molecule has 1 rings (SSSR count). The summed E-state index contributed by atoms with van der Waals surface area (Å²) in [6, 6.07) is 1.18. The first-order chi connectivity index (χ1) is 10.8. The van der Waals surface area contributed by atoms with Gasteiger partial charge in [-0.2, -0.15) is 0 Å². The highest BCUT2D eigenvalue weighted by Crippen LogP contribution is 2.10. The Morgan fingerprint density at radius 2 is 1.96 bits per heavy atom. The Bertz CT molecular complexity index is 473. The largest absolute Gasteiger partial charge is 0.356 e. The van der Waals surface area contributed by atoms with Crippen molar-refractivity contribution < 1.29 is 0 Å². The second kappa shape index (κ2) is 9.88. The Balaban J connectivity index is 2.39. The lowest BCUT2D eigenvalue weighted by Crippen LogP contribution is -2.41. The van der Waals surface area contributed by atoms with Gasteiger partial charge in [-0.25, -0.2) is 4.98 Å². The first-order valence-corrected chi connectivity index (χ1v) is 9.31. The van der Waals surface area contributed by atoms with Gasteiger partial charge in [0, 0.05) is 44.6 Å². The van der Waals surface area contributed by atoms with Gasteiger partial charge in [0.15, 0.2) is 5.96 Å². The average molecular weight is 340 g/mol. The van der Waals surface area contributed by atoms with Crippen molar-refractivity contribution in [2.24, 2.45) is 4.99 Å². The van der Waals surface area contributed by atoms with E-state index in [1.165, 1.54) is 0 Å². The molecule has 0 spiro atoms. The fourth-order valence-electron chi connectivity index (χ4n) is 2.76. The number of hydrogen-bond donors (Lipinski definition) is 1. The molecule has 1 heterocycles. The maximum Gasteiger partial charge on any atom is 0.193 e. The SMILES string of the molecule is CN=C(NCCCN(C(C)C)C(C)C)N(C)Cc1csc(C)n1. The molecule has 5 nitrogen and oxygen atoms in total. The molecule has 23 heavy (non-hydrogen) atoms. The van der Waals surface area contributed by atoms with Crippen molar-refractivity contribution >= 4 is 17.3 Å². The predicted octanol–water partition coefficient (Wildman–Crippen LogP) is 2.97. The number of aliphatic imine (C=N–C) groups is 1. The van der Waals surface area contributed by atoms with Gasteiger partial charge in [-0.1, -0.05) is 0 Å². The van der Waals surface area contributed by atoms with Gasteiger partial charge in [-0.05, 0) is 41.0 Å². The van der Waals surface area contributed by atoms with Crippen molar-refractivity contribution in [3.63, 3.8) is 0 Å². The van der Waals surface area contributed by atoms with Crippen LogP contribution in [0.4, 0.5) is 0 Å². The van der Waals surface area contributed by atoms with Gasteiger partial charge < -0.3 is 10.2 Å². The molecule has 1 aromatic rings. The minimum absolute atomic E-state index is 0.588. The molecule has 0 aliphatic carbocycles. The Labute approximate surface area is 145 Å². The molecular weight excluding hydrogens is 306 g/mol. The quantitative estimate of drug-likeness (QED) is 0.449. The average Bonchev–Trinajstić information content (AvgIpc) is 2.86. The molecule has 0 unspecified atom stereocenters. The molecule has 0 aliphatic heterocycles. The van der Waals surface area contributed by atoms with Crippen molar-refractivity contribution in [2.45, 2.75) is 59.7 Å². The van der Waals surface area contributed by atoms with Crippen LogP contribution in [0, 0.1) is 6.92 Å². The highest BCUT2D eigenvalue weighted by atomic mass is 32.1. The van der Waals surface area contributed by atoms with Gasteiger partial charge in [0.25, 0.3) is 0 Å². The van der Waals surface area contributed by atoms with E-state index in [0.29, 0.717) is 12.1 Å². The number of aromatic nitrogens is 1. The van der Waals surface area contributed by atoms with E-state index >= 15 is 0 Å². The Morgan fingerprint density at radius 3 is 2.43 bits per heavy atom. The summed E-state index contributed by atoms with van der Waals surface area (Å²) < 4.78 is 0. The van der Waals surface area contributed by atoms with Gasteiger partial charge in [-0.3, -0.25) is 9.89 Å². The molecule has 0 aromatic carbocycles. The zero-order valence-electron chi connectivity index (χ0n) is 15.8. The van der Waals surface area contributed by atoms with Crippen LogP contribution in [0.2, 0.25) is 0 Å². The van der Waals surface area contributed by atoms with E-state index in [4.69, 9.17) is 0 Å². The number of guanidine groups is 1. The summed E-state index contributed by atoms with van der Waals surface area (Å²) in [7, 11) is 3.89. The molecule has 6 heteroatoms. The number of aryl methyl sites for hydroxylation is 1. The number of nitrogens with zero attached hydrogens (tertiary/aromatic N) is 4. The number of rotatable bonds is 8. The Hall–Kier alpha value is -1.14. The van der Waals surface area contributed by atoms with Crippen LogP contribution >= 0.6 is 11.3 Å². The summed E-state index contributed by atoms with van der Waals surface area (Å²) in [5.41, 5.74) is 1.10. The second-order valence-corrected chi connectivity index (χ2v) is 7.53. The fraction of sp³-hybridized carbons (Fsp3) is 0.765. The topological polar surface area (TPSA) is 43.8 Å². The maximum absolute atomic E-state index is 4.51. The highest BCUT2D eigenvalue weighted by Gasteiger charge is 2.13. The Morgan fingerprint density at radius 1 is 1.30 bits per heavy atom. The summed E-state index contributed by atoms with van der Waals surface area (Å²) >= 11 is 1.69. The number of thiazole rings is 1. The molecular formula is C17H33N5S. The van der Waals surface area contributed by atoms with Crippen LogP contribution in [0.1, 0.15) is 44.8 Å². The monoisotopic (exact) mass is 339 g/mol. The van der Waals surface area contributed by atoms with Crippen molar-refractivity contribution in [2.75, 3.05) is 27.2 Å². The lowest BCUT2D eigenvalue weighted by atomic mass is 10.2. The molecule has 0 saturated carbocycles. The van der Waals surface area contributed by atoms with E-state index in [0.717, 1.165) is 42.7 Å². The molecule has 0 radical (unpaired) electrons. The Kier molecular flexibility index (Phi) is 8.55. The highest BCUT2D eigenvalue weighted by molar-refractivity contribution is 7.09. The lowest BCUT2D eigenvalue weighted by Gasteiger charge is -2.30. The van der Waals surface area contributed by atoms with Crippen LogP contribution in [-0.4, -0.2) is 60.0 Å². The van der Waals surface area contributed by atoms with Crippen LogP contribution in [0.25, 0.3) is 0 Å². The molecule has 1 N–H and O–H groups in total. The van der Waals surface area contributed by atoms with E-state index in [1.54, 1.807) is 11.3 Å². The van der Waals surface area contributed by atoms with Crippen LogP contribution in [0.5, 0.6) is 0 Å². The van der Waals surface area contributed by atoms with E-state index in [1.807, 2.05) is 14.0 Å². The summed E-state index contributed by atoms with van der Waals surface area (Å²) in [6.07, 6.45) is 1.11. The minimum Gasteiger partial charge on any atom is -0.356 e. The van der Waals surface area contributed by atoms with Gasteiger partial charge >= 0.3 is 0 Å². The third kappa shape index (κ3) is 6.87. The van der Waals surface area contributed by atoms with E-state index < -0.39 is 0 Å². The van der Waals surface area contributed by atoms with E-state index in [2.05, 4.69) is 65.2 Å². The summed E-state index contributed by atoms with van der Waals surface area (Å²) in [5, 5.41) is 6.68.